The number of carbonyl (C=O) groups excluding carboxylic acids is 2. The highest BCUT2D eigenvalue weighted by atomic mass is 16.2. The van der Waals surface area contributed by atoms with Crippen LogP contribution in [-0.4, -0.2) is 68.7 Å². The van der Waals surface area contributed by atoms with Crippen LogP contribution in [0, 0.1) is 5.92 Å². The zero-order chi connectivity index (χ0) is 22.6. The van der Waals surface area contributed by atoms with Gasteiger partial charge in [-0.05, 0) is 43.4 Å². The fraction of sp³-hybridized carbons (Fsp3) is 0.458. The molecule has 0 spiro atoms. The molecule has 4 heterocycles. The molecule has 2 fully saturated rings. The molecule has 0 saturated carbocycles. The standard InChI is InChI=1S/C24H29N7O2/c32-23(19-10-14-29(15-11-19)22-9-8-21-27-25-17-31(21)28-22)26-20(16-18-6-2-1-3-7-18)24(33)30-12-4-5-13-30/h1-3,6-9,17,19-20H,4-5,10-16H2,(H,26,32). The van der Waals surface area contributed by atoms with Crippen molar-refractivity contribution in [1.29, 1.82) is 0 Å². The van der Waals surface area contributed by atoms with E-state index in [1.54, 1.807) is 10.8 Å². The molecule has 2 aliphatic heterocycles. The highest BCUT2D eigenvalue weighted by molar-refractivity contribution is 5.89. The Morgan fingerprint density at radius 1 is 1.00 bits per heavy atom. The van der Waals surface area contributed by atoms with Gasteiger partial charge in [-0.2, -0.15) is 4.52 Å². The van der Waals surface area contributed by atoms with E-state index in [4.69, 9.17) is 0 Å². The average molecular weight is 448 g/mol. The van der Waals surface area contributed by atoms with E-state index in [1.807, 2.05) is 47.4 Å². The minimum absolute atomic E-state index is 0.0228. The van der Waals surface area contributed by atoms with Crippen LogP contribution >= 0.6 is 0 Å². The van der Waals surface area contributed by atoms with Gasteiger partial charge in [0.15, 0.2) is 5.65 Å². The number of likely N-dealkylation sites (tertiary alicyclic amines) is 1. The van der Waals surface area contributed by atoms with E-state index in [1.165, 1.54) is 0 Å². The van der Waals surface area contributed by atoms with Gasteiger partial charge < -0.3 is 15.1 Å². The number of piperidine rings is 1. The molecule has 172 valence electrons. The zero-order valence-electron chi connectivity index (χ0n) is 18.6. The maximum Gasteiger partial charge on any atom is 0.245 e. The van der Waals surface area contributed by atoms with Crippen LogP contribution in [0.15, 0.2) is 48.8 Å². The van der Waals surface area contributed by atoms with E-state index < -0.39 is 6.04 Å². The second kappa shape index (κ2) is 9.56. The molecule has 2 saturated heterocycles. The molecule has 0 aliphatic carbocycles. The monoisotopic (exact) mass is 447 g/mol. The summed E-state index contributed by atoms with van der Waals surface area (Å²) in [5.74, 6) is 0.760. The van der Waals surface area contributed by atoms with Crippen LogP contribution in [0.3, 0.4) is 0 Å². The third-order valence-corrected chi connectivity index (χ3v) is 6.65. The van der Waals surface area contributed by atoms with Gasteiger partial charge in [0.25, 0.3) is 0 Å². The summed E-state index contributed by atoms with van der Waals surface area (Å²) in [5.41, 5.74) is 1.76. The van der Waals surface area contributed by atoms with Crippen LogP contribution in [0.4, 0.5) is 5.82 Å². The number of nitrogens with one attached hydrogen (secondary N) is 1. The third-order valence-electron chi connectivity index (χ3n) is 6.65. The van der Waals surface area contributed by atoms with Crippen molar-refractivity contribution in [3.63, 3.8) is 0 Å². The molecular weight excluding hydrogens is 418 g/mol. The Hall–Kier alpha value is -3.49. The Kier molecular flexibility index (Phi) is 6.19. The van der Waals surface area contributed by atoms with Crippen molar-refractivity contribution < 1.29 is 9.59 Å². The van der Waals surface area contributed by atoms with Crippen molar-refractivity contribution in [2.75, 3.05) is 31.1 Å². The molecule has 0 radical (unpaired) electrons. The second-order valence-electron chi connectivity index (χ2n) is 8.87. The highest BCUT2D eigenvalue weighted by Crippen LogP contribution is 2.23. The normalized spacial score (nSPS) is 17.9. The van der Waals surface area contributed by atoms with E-state index >= 15 is 0 Å². The van der Waals surface area contributed by atoms with Crippen LogP contribution in [0.25, 0.3) is 5.65 Å². The van der Waals surface area contributed by atoms with Gasteiger partial charge in [0.2, 0.25) is 11.8 Å². The quantitative estimate of drug-likeness (QED) is 0.618. The molecule has 33 heavy (non-hydrogen) atoms. The number of fused-ring (bicyclic) bond motifs is 1. The molecular formula is C24H29N7O2. The van der Waals surface area contributed by atoms with Crippen molar-refractivity contribution in [2.45, 2.75) is 38.1 Å². The number of hydrogen-bond acceptors (Lipinski definition) is 6. The molecule has 0 bridgehead atoms. The Balaban J connectivity index is 1.22. The summed E-state index contributed by atoms with van der Waals surface area (Å²) in [6.07, 6.45) is 5.62. The van der Waals surface area contributed by atoms with Crippen molar-refractivity contribution >= 4 is 23.3 Å². The number of rotatable bonds is 6. The Bertz CT molecular complexity index is 1100. The van der Waals surface area contributed by atoms with Crippen LogP contribution in [0.1, 0.15) is 31.2 Å². The lowest BCUT2D eigenvalue weighted by atomic mass is 9.95. The first-order valence-corrected chi connectivity index (χ1v) is 11.7. The summed E-state index contributed by atoms with van der Waals surface area (Å²) >= 11 is 0. The summed E-state index contributed by atoms with van der Waals surface area (Å²) in [6.45, 7) is 3.04. The van der Waals surface area contributed by atoms with E-state index in [0.717, 1.165) is 63.2 Å². The van der Waals surface area contributed by atoms with Gasteiger partial charge in [0, 0.05) is 38.5 Å². The summed E-state index contributed by atoms with van der Waals surface area (Å²) in [4.78, 5) is 30.4. The Morgan fingerprint density at radius 3 is 2.52 bits per heavy atom. The van der Waals surface area contributed by atoms with E-state index in [9.17, 15) is 9.59 Å². The van der Waals surface area contributed by atoms with Gasteiger partial charge in [-0.25, -0.2) is 0 Å². The smallest absolute Gasteiger partial charge is 0.245 e. The van der Waals surface area contributed by atoms with Gasteiger partial charge in [-0.1, -0.05) is 30.3 Å². The number of nitrogens with zero attached hydrogens (tertiary/aromatic N) is 6. The van der Waals surface area contributed by atoms with Crippen LogP contribution in [0.2, 0.25) is 0 Å². The predicted molar refractivity (Wildman–Crippen MR) is 124 cm³/mol. The summed E-state index contributed by atoms with van der Waals surface area (Å²) < 4.78 is 1.66. The Labute approximate surface area is 192 Å². The SMILES string of the molecule is O=C(NC(Cc1ccccc1)C(=O)N1CCCC1)C1CCN(c2ccc3nncn3n2)CC1. The molecule has 2 amide bonds. The minimum Gasteiger partial charge on any atom is -0.355 e. The lowest BCUT2D eigenvalue weighted by molar-refractivity contribution is -0.136. The van der Waals surface area contributed by atoms with Crippen LogP contribution in [0.5, 0.6) is 0 Å². The second-order valence-corrected chi connectivity index (χ2v) is 8.87. The molecule has 5 rings (SSSR count). The predicted octanol–water partition coefficient (Wildman–Crippen LogP) is 1.69. The first kappa shape index (κ1) is 21.4. The van der Waals surface area contributed by atoms with Crippen LogP contribution < -0.4 is 10.2 Å². The molecule has 1 aromatic carbocycles. The van der Waals surface area contributed by atoms with Gasteiger partial charge in [-0.15, -0.1) is 15.3 Å². The molecule has 9 nitrogen and oxygen atoms in total. The topological polar surface area (TPSA) is 95.7 Å². The van der Waals surface area contributed by atoms with Crippen LogP contribution in [-0.2, 0) is 16.0 Å². The lowest BCUT2D eigenvalue weighted by Gasteiger charge is -2.33. The maximum absolute atomic E-state index is 13.2. The molecule has 2 aromatic heterocycles. The maximum atomic E-state index is 13.2. The first-order valence-electron chi connectivity index (χ1n) is 11.7. The van der Waals surface area contributed by atoms with Crippen molar-refractivity contribution in [3.05, 3.63) is 54.4 Å². The number of aromatic nitrogens is 4. The number of amides is 2. The molecule has 3 aromatic rings. The fourth-order valence-electron chi connectivity index (χ4n) is 4.76. The molecule has 2 aliphatic rings. The molecule has 1 unspecified atom stereocenters. The van der Waals surface area contributed by atoms with E-state index in [0.29, 0.717) is 12.1 Å². The number of anilines is 1. The van der Waals surface area contributed by atoms with Crippen molar-refractivity contribution in [2.24, 2.45) is 5.92 Å². The number of hydrogen-bond donors (Lipinski definition) is 1. The van der Waals surface area contributed by atoms with Gasteiger partial charge >= 0.3 is 0 Å². The third kappa shape index (κ3) is 4.81. The van der Waals surface area contributed by atoms with E-state index in [-0.39, 0.29) is 17.7 Å². The molecule has 9 heteroatoms. The summed E-state index contributed by atoms with van der Waals surface area (Å²) in [6, 6.07) is 13.2. The Morgan fingerprint density at radius 2 is 1.76 bits per heavy atom. The van der Waals surface area contributed by atoms with E-state index in [2.05, 4.69) is 25.5 Å². The molecule has 1 N–H and O–H groups in total. The largest absolute Gasteiger partial charge is 0.355 e. The van der Waals surface area contributed by atoms with Gasteiger partial charge in [-0.3, -0.25) is 9.59 Å². The average Bonchev–Trinajstić information content (AvgIpc) is 3.56. The van der Waals surface area contributed by atoms with Gasteiger partial charge in [0.1, 0.15) is 18.2 Å². The lowest BCUT2D eigenvalue weighted by Crippen LogP contribution is -2.51. The minimum atomic E-state index is -0.520. The highest BCUT2D eigenvalue weighted by Gasteiger charge is 2.32. The first-order chi connectivity index (χ1) is 16.2. The fourth-order valence-corrected chi connectivity index (χ4v) is 4.76. The van der Waals surface area contributed by atoms with Crippen molar-refractivity contribution in [3.8, 4) is 0 Å². The summed E-state index contributed by atoms with van der Waals surface area (Å²) in [5, 5.41) is 15.5. The summed E-state index contributed by atoms with van der Waals surface area (Å²) in [7, 11) is 0. The zero-order valence-corrected chi connectivity index (χ0v) is 18.6. The molecule has 1 atom stereocenters. The van der Waals surface area contributed by atoms with Crippen molar-refractivity contribution in [1.82, 2.24) is 30.0 Å². The number of benzene rings is 1. The van der Waals surface area contributed by atoms with Gasteiger partial charge in [0.05, 0.1) is 0 Å². The number of carbonyl (C=O) groups is 2.